The summed E-state index contributed by atoms with van der Waals surface area (Å²) in [5, 5.41) is 3.67. The highest BCUT2D eigenvalue weighted by Crippen LogP contribution is 2.18. The number of rotatable bonds is 7. The first-order valence-corrected chi connectivity index (χ1v) is 10.2. The standard InChI is InChI=1S/C24H22ClN3O2/c1-17-6-2-3-7-20(17)24(29)26-16-23-27-21-8-4-5-9-22(21)28(23)14-15-30-19-12-10-18(25)11-13-19/h2-13H,14-16H2,1H3,(H,26,29). The molecule has 0 unspecified atom stereocenters. The van der Waals surface area contributed by atoms with E-state index in [0.717, 1.165) is 28.2 Å². The molecule has 1 aromatic heterocycles. The van der Waals surface area contributed by atoms with Gasteiger partial charge in [0.15, 0.2) is 0 Å². The van der Waals surface area contributed by atoms with E-state index in [-0.39, 0.29) is 5.91 Å². The first-order valence-electron chi connectivity index (χ1n) is 9.78. The van der Waals surface area contributed by atoms with Crippen LogP contribution in [0.15, 0.2) is 72.8 Å². The number of aryl methyl sites for hydroxylation is 1. The minimum absolute atomic E-state index is 0.107. The lowest BCUT2D eigenvalue weighted by molar-refractivity contribution is 0.0949. The van der Waals surface area contributed by atoms with Crippen molar-refractivity contribution in [2.24, 2.45) is 0 Å². The molecular formula is C24H22ClN3O2. The number of carbonyl (C=O) groups is 1. The minimum Gasteiger partial charge on any atom is -0.492 e. The fourth-order valence-electron chi connectivity index (χ4n) is 3.38. The number of nitrogens with zero attached hydrogens (tertiary/aromatic N) is 2. The maximum Gasteiger partial charge on any atom is 0.251 e. The number of fused-ring (bicyclic) bond motifs is 1. The van der Waals surface area contributed by atoms with E-state index in [1.807, 2.05) is 67.6 Å². The Morgan fingerprint density at radius 1 is 1.03 bits per heavy atom. The molecule has 152 valence electrons. The fraction of sp³-hybridized carbons (Fsp3) is 0.167. The normalized spacial score (nSPS) is 10.9. The number of hydrogen-bond donors (Lipinski definition) is 1. The second-order valence-electron chi connectivity index (χ2n) is 6.97. The van der Waals surface area contributed by atoms with Gasteiger partial charge in [-0.3, -0.25) is 4.79 Å². The van der Waals surface area contributed by atoms with Crippen LogP contribution in [0.25, 0.3) is 11.0 Å². The first-order chi connectivity index (χ1) is 14.6. The monoisotopic (exact) mass is 419 g/mol. The van der Waals surface area contributed by atoms with Crippen molar-refractivity contribution in [3.05, 3.63) is 94.8 Å². The Morgan fingerprint density at radius 2 is 1.77 bits per heavy atom. The Hall–Kier alpha value is -3.31. The third kappa shape index (κ3) is 4.47. The van der Waals surface area contributed by atoms with Crippen LogP contribution in [0.5, 0.6) is 5.75 Å². The second-order valence-corrected chi connectivity index (χ2v) is 7.40. The lowest BCUT2D eigenvalue weighted by atomic mass is 10.1. The number of benzene rings is 3. The van der Waals surface area contributed by atoms with Gasteiger partial charge >= 0.3 is 0 Å². The van der Waals surface area contributed by atoms with Crippen LogP contribution in [-0.2, 0) is 13.1 Å². The highest BCUT2D eigenvalue weighted by molar-refractivity contribution is 6.30. The smallest absolute Gasteiger partial charge is 0.251 e. The number of amides is 1. The molecule has 6 heteroatoms. The average molecular weight is 420 g/mol. The zero-order valence-corrected chi connectivity index (χ0v) is 17.4. The van der Waals surface area contributed by atoms with E-state index >= 15 is 0 Å². The Bertz CT molecular complexity index is 1170. The molecule has 4 rings (SSSR count). The van der Waals surface area contributed by atoms with Crippen molar-refractivity contribution >= 4 is 28.5 Å². The van der Waals surface area contributed by atoms with Crippen molar-refractivity contribution in [1.82, 2.24) is 14.9 Å². The molecule has 30 heavy (non-hydrogen) atoms. The molecule has 5 nitrogen and oxygen atoms in total. The summed E-state index contributed by atoms with van der Waals surface area (Å²) in [5.41, 5.74) is 3.52. The summed E-state index contributed by atoms with van der Waals surface area (Å²) in [4.78, 5) is 17.3. The van der Waals surface area contributed by atoms with Gasteiger partial charge in [0, 0.05) is 10.6 Å². The fourth-order valence-corrected chi connectivity index (χ4v) is 3.50. The summed E-state index contributed by atoms with van der Waals surface area (Å²) in [7, 11) is 0. The zero-order chi connectivity index (χ0) is 20.9. The van der Waals surface area contributed by atoms with Gasteiger partial charge in [-0.1, -0.05) is 41.9 Å². The SMILES string of the molecule is Cc1ccccc1C(=O)NCc1nc2ccccc2n1CCOc1ccc(Cl)cc1. The molecule has 3 aromatic carbocycles. The Balaban J connectivity index is 1.49. The van der Waals surface area contributed by atoms with E-state index in [9.17, 15) is 4.79 Å². The summed E-state index contributed by atoms with van der Waals surface area (Å²) < 4.78 is 7.94. The van der Waals surface area contributed by atoms with Crippen LogP contribution in [0, 0.1) is 6.92 Å². The maximum atomic E-state index is 12.6. The van der Waals surface area contributed by atoms with Crippen LogP contribution >= 0.6 is 11.6 Å². The van der Waals surface area contributed by atoms with Gasteiger partial charge in [0.2, 0.25) is 0 Å². The van der Waals surface area contributed by atoms with Crippen molar-refractivity contribution in [3.8, 4) is 5.75 Å². The number of halogens is 1. The lowest BCUT2D eigenvalue weighted by Gasteiger charge is -2.12. The van der Waals surface area contributed by atoms with Crippen LogP contribution in [0.4, 0.5) is 0 Å². The number of hydrogen-bond acceptors (Lipinski definition) is 3. The predicted molar refractivity (Wildman–Crippen MR) is 119 cm³/mol. The van der Waals surface area contributed by atoms with Gasteiger partial charge in [-0.05, 0) is 55.0 Å². The highest BCUT2D eigenvalue weighted by atomic mass is 35.5. The van der Waals surface area contributed by atoms with Crippen molar-refractivity contribution in [2.45, 2.75) is 20.0 Å². The molecule has 1 heterocycles. The molecule has 0 radical (unpaired) electrons. The molecule has 0 spiro atoms. The molecule has 1 amide bonds. The largest absolute Gasteiger partial charge is 0.492 e. The molecule has 4 aromatic rings. The highest BCUT2D eigenvalue weighted by Gasteiger charge is 2.13. The summed E-state index contributed by atoms with van der Waals surface area (Å²) in [6, 6.07) is 22.8. The van der Waals surface area contributed by atoms with Gasteiger partial charge in [-0.15, -0.1) is 0 Å². The predicted octanol–water partition coefficient (Wildman–Crippen LogP) is 5.01. The zero-order valence-electron chi connectivity index (χ0n) is 16.6. The summed E-state index contributed by atoms with van der Waals surface area (Å²) in [6.45, 7) is 3.35. The summed E-state index contributed by atoms with van der Waals surface area (Å²) in [5.74, 6) is 1.44. The molecule has 0 bridgehead atoms. The van der Waals surface area contributed by atoms with Gasteiger partial charge in [-0.2, -0.15) is 0 Å². The average Bonchev–Trinajstić information content (AvgIpc) is 3.11. The van der Waals surface area contributed by atoms with Crippen molar-refractivity contribution in [1.29, 1.82) is 0 Å². The number of ether oxygens (including phenoxy) is 1. The van der Waals surface area contributed by atoms with Crippen LogP contribution < -0.4 is 10.1 Å². The molecule has 0 aliphatic heterocycles. The molecule has 0 atom stereocenters. The first kappa shape index (κ1) is 20.0. The van der Waals surface area contributed by atoms with E-state index in [1.54, 1.807) is 12.1 Å². The van der Waals surface area contributed by atoms with E-state index in [0.29, 0.717) is 30.3 Å². The Labute approximate surface area is 180 Å². The van der Waals surface area contributed by atoms with E-state index in [2.05, 4.69) is 9.88 Å². The number of aromatic nitrogens is 2. The number of imidazole rings is 1. The van der Waals surface area contributed by atoms with Gasteiger partial charge in [0.1, 0.15) is 18.2 Å². The van der Waals surface area contributed by atoms with Crippen LogP contribution in [0.2, 0.25) is 5.02 Å². The molecule has 0 saturated heterocycles. The van der Waals surface area contributed by atoms with Gasteiger partial charge < -0.3 is 14.6 Å². The molecule has 1 N–H and O–H groups in total. The third-order valence-corrected chi connectivity index (χ3v) is 5.18. The quantitative estimate of drug-likeness (QED) is 0.458. The molecule has 0 fully saturated rings. The number of para-hydroxylation sites is 2. The van der Waals surface area contributed by atoms with Crippen molar-refractivity contribution < 1.29 is 9.53 Å². The number of carbonyl (C=O) groups excluding carboxylic acids is 1. The summed E-state index contributed by atoms with van der Waals surface area (Å²) in [6.07, 6.45) is 0. The van der Waals surface area contributed by atoms with Crippen LogP contribution in [-0.4, -0.2) is 22.1 Å². The van der Waals surface area contributed by atoms with Crippen LogP contribution in [0.3, 0.4) is 0 Å². The molecular weight excluding hydrogens is 398 g/mol. The topological polar surface area (TPSA) is 56.2 Å². The summed E-state index contributed by atoms with van der Waals surface area (Å²) >= 11 is 5.92. The molecule has 0 aliphatic carbocycles. The van der Waals surface area contributed by atoms with Gasteiger partial charge in [0.25, 0.3) is 5.91 Å². The Morgan fingerprint density at radius 3 is 2.57 bits per heavy atom. The molecule has 0 saturated carbocycles. The molecule has 0 aliphatic rings. The Kier molecular flexibility index (Phi) is 6.00. The maximum absolute atomic E-state index is 12.6. The van der Waals surface area contributed by atoms with Gasteiger partial charge in [-0.25, -0.2) is 4.98 Å². The van der Waals surface area contributed by atoms with E-state index in [4.69, 9.17) is 21.3 Å². The number of nitrogens with one attached hydrogen (secondary N) is 1. The minimum atomic E-state index is -0.107. The third-order valence-electron chi connectivity index (χ3n) is 4.93. The second kappa shape index (κ2) is 9.01. The van der Waals surface area contributed by atoms with Crippen molar-refractivity contribution in [2.75, 3.05) is 6.61 Å². The lowest BCUT2D eigenvalue weighted by Crippen LogP contribution is -2.26. The van der Waals surface area contributed by atoms with Crippen LogP contribution in [0.1, 0.15) is 21.7 Å². The van der Waals surface area contributed by atoms with Gasteiger partial charge in [0.05, 0.1) is 24.1 Å². The van der Waals surface area contributed by atoms with Crippen molar-refractivity contribution in [3.63, 3.8) is 0 Å². The van der Waals surface area contributed by atoms with E-state index in [1.165, 1.54) is 0 Å². The van der Waals surface area contributed by atoms with E-state index < -0.39 is 0 Å².